The number of halogens is 2. The van der Waals surface area contributed by atoms with Crippen molar-refractivity contribution in [1.82, 2.24) is 4.90 Å². The maximum absolute atomic E-state index is 12.5. The zero-order chi connectivity index (χ0) is 25.9. The van der Waals surface area contributed by atoms with Crippen molar-refractivity contribution >= 4 is 22.7 Å². The van der Waals surface area contributed by atoms with Crippen LogP contribution in [0, 0.1) is 13.8 Å². The van der Waals surface area contributed by atoms with Crippen molar-refractivity contribution < 1.29 is 19.0 Å². The summed E-state index contributed by atoms with van der Waals surface area (Å²) in [6.07, 6.45) is 2.35. The topological polar surface area (TPSA) is 41.9 Å². The minimum atomic E-state index is -0.274. The molecular formula is C31H33ClFNO3. The molecule has 5 rings (SSSR count). The lowest BCUT2D eigenvalue weighted by Gasteiger charge is -2.19. The second-order valence-corrected chi connectivity index (χ2v) is 10.3. The number of phenolic OH excluding ortho intramolecular Hbond substituents is 1. The molecule has 0 spiro atoms. The number of rotatable bonds is 7. The second kappa shape index (κ2) is 11.2. The Labute approximate surface area is 223 Å². The highest BCUT2D eigenvalue weighted by atomic mass is 35.5. The number of fused-ring (bicyclic) bond motifs is 1. The van der Waals surface area contributed by atoms with E-state index in [-0.39, 0.29) is 18.5 Å². The number of benzene rings is 3. The van der Waals surface area contributed by atoms with Crippen molar-refractivity contribution in [3.05, 3.63) is 87.4 Å². The number of likely N-dealkylation sites (tertiary alicyclic amines) is 1. The van der Waals surface area contributed by atoms with Crippen LogP contribution >= 0.6 is 11.6 Å². The summed E-state index contributed by atoms with van der Waals surface area (Å²) in [4.78, 5) is 2.27. The second-order valence-electron chi connectivity index (χ2n) is 9.90. The molecule has 1 fully saturated rings. The van der Waals surface area contributed by atoms with E-state index in [4.69, 9.17) is 21.1 Å². The zero-order valence-corrected chi connectivity index (χ0v) is 22.2. The molecule has 4 nitrogen and oxygen atoms in total. The molecular weight excluding hydrogens is 489 g/mol. The highest BCUT2D eigenvalue weighted by Gasteiger charge is 2.25. The van der Waals surface area contributed by atoms with Crippen LogP contribution in [0.2, 0.25) is 5.02 Å². The van der Waals surface area contributed by atoms with Gasteiger partial charge >= 0.3 is 0 Å². The first-order valence-electron chi connectivity index (χ1n) is 13.0. The smallest absolute Gasteiger partial charge is 0.130 e. The van der Waals surface area contributed by atoms with Gasteiger partial charge in [0, 0.05) is 42.7 Å². The maximum atomic E-state index is 12.5. The van der Waals surface area contributed by atoms with Crippen LogP contribution in [0.25, 0.3) is 11.1 Å². The van der Waals surface area contributed by atoms with E-state index in [1.807, 2.05) is 44.2 Å². The van der Waals surface area contributed by atoms with E-state index in [9.17, 15) is 9.50 Å². The van der Waals surface area contributed by atoms with Crippen LogP contribution in [0.15, 0.2) is 54.6 Å². The molecule has 2 aliphatic heterocycles. The fraction of sp³-hybridized carbons (Fsp3) is 0.355. The van der Waals surface area contributed by atoms with Crippen LogP contribution in [-0.2, 0) is 0 Å². The molecule has 3 aromatic carbocycles. The van der Waals surface area contributed by atoms with E-state index < -0.39 is 0 Å². The Hall–Kier alpha value is -3.02. The number of alkyl halides is 1. The third kappa shape index (κ3) is 5.48. The summed E-state index contributed by atoms with van der Waals surface area (Å²) in [7, 11) is 0. The molecule has 194 valence electrons. The first kappa shape index (κ1) is 25.6. The summed E-state index contributed by atoms with van der Waals surface area (Å²) in [6, 6.07) is 18.0. The summed E-state index contributed by atoms with van der Waals surface area (Å²) in [5, 5.41) is 11.1. The molecule has 2 aliphatic rings. The Kier molecular flexibility index (Phi) is 7.73. The lowest BCUT2D eigenvalue weighted by Crippen LogP contribution is -2.26. The minimum absolute atomic E-state index is 0.118. The van der Waals surface area contributed by atoms with E-state index in [0.29, 0.717) is 25.2 Å². The number of hydrogen-bond acceptors (Lipinski definition) is 4. The van der Waals surface area contributed by atoms with Gasteiger partial charge in [-0.1, -0.05) is 35.9 Å². The van der Waals surface area contributed by atoms with Gasteiger partial charge in [-0.3, -0.25) is 9.29 Å². The number of ether oxygens (including phenoxy) is 2. The van der Waals surface area contributed by atoms with Crippen LogP contribution in [0.5, 0.6) is 17.2 Å². The summed E-state index contributed by atoms with van der Waals surface area (Å²) in [5.41, 5.74) is 7.17. The molecule has 6 heteroatoms. The molecule has 0 aliphatic carbocycles. The van der Waals surface area contributed by atoms with E-state index in [2.05, 4.69) is 23.1 Å². The molecule has 0 unspecified atom stereocenters. The lowest BCUT2D eigenvalue weighted by atomic mass is 9.86. The van der Waals surface area contributed by atoms with Gasteiger partial charge < -0.3 is 14.6 Å². The molecule has 0 saturated carbocycles. The van der Waals surface area contributed by atoms with E-state index >= 15 is 0 Å². The molecule has 0 radical (unpaired) electrons. The maximum Gasteiger partial charge on any atom is 0.130 e. The molecule has 0 bridgehead atoms. The number of aryl methyl sites for hydroxylation is 1. The molecule has 0 amide bonds. The largest absolute Gasteiger partial charge is 0.508 e. The fourth-order valence-corrected chi connectivity index (χ4v) is 5.52. The van der Waals surface area contributed by atoms with Gasteiger partial charge in [-0.15, -0.1) is 0 Å². The SMILES string of the molecule is Cc1cc2c(cc1O)OCCC(c1cccc(Cl)c1C)=C2c1ccc(O[C@H]2CCN(CCCF)C2)cc1. The molecule has 1 saturated heterocycles. The van der Waals surface area contributed by atoms with Crippen LogP contribution in [-0.4, -0.2) is 49.0 Å². The van der Waals surface area contributed by atoms with Crippen molar-refractivity contribution in [2.45, 2.75) is 39.2 Å². The predicted octanol–water partition coefficient (Wildman–Crippen LogP) is 7.22. The van der Waals surface area contributed by atoms with E-state index in [0.717, 1.165) is 75.8 Å². The number of phenols is 1. The Morgan fingerprint density at radius 1 is 1.11 bits per heavy atom. The first-order chi connectivity index (χ1) is 17.9. The van der Waals surface area contributed by atoms with Crippen molar-refractivity contribution in [1.29, 1.82) is 0 Å². The summed E-state index contributed by atoms with van der Waals surface area (Å²) in [5.74, 6) is 1.72. The number of aromatic hydroxyl groups is 1. The number of nitrogens with zero attached hydrogens (tertiary/aromatic N) is 1. The molecule has 1 N–H and O–H groups in total. The molecule has 0 aromatic heterocycles. The van der Waals surface area contributed by atoms with Crippen molar-refractivity contribution in [2.24, 2.45) is 0 Å². The Morgan fingerprint density at radius 2 is 1.92 bits per heavy atom. The Morgan fingerprint density at radius 3 is 2.70 bits per heavy atom. The average molecular weight is 522 g/mol. The van der Waals surface area contributed by atoms with Crippen molar-refractivity contribution in [2.75, 3.05) is 32.9 Å². The van der Waals surface area contributed by atoms with Gasteiger partial charge in [0.05, 0.1) is 13.3 Å². The summed E-state index contributed by atoms with van der Waals surface area (Å²) in [6.45, 7) is 6.74. The van der Waals surface area contributed by atoms with Crippen molar-refractivity contribution in [3.63, 3.8) is 0 Å². The number of hydrogen-bond donors (Lipinski definition) is 1. The quantitative estimate of drug-likeness (QED) is 0.356. The van der Waals surface area contributed by atoms with E-state index in [1.165, 1.54) is 0 Å². The minimum Gasteiger partial charge on any atom is -0.508 e. The highest BCUT2D eigenvalue weighted by molar-refractivity contribution is 6.31. The zero-order valence-electron chi connectivity index (χ0n) is 21.4. The highest BCUT2D eigenvalue weighted by Crippen LogP contribution is 2.44. The van der Waals surface area contributed by atoms with Gasteiger partial charge in [0.25, 0.3) is 0 Å². The lowest BCUT2D eigenvalue weighted by molar-refractivity contribution is 0.198. The van der Waals surface area contributed by atoms with E-state index in [1.54, 1.807) is 6.07 Å². The Bertz CT molecular complexity index is 1300. The summed E-state index contributed by atoms with van der Waals surface area (Å²) >= 11 is 6.53. The third-order valence-corrected chi connectivity index (χ3v) is 7.76. The predicted molar refractivity (Wildman–Crippen MR) is 148 cm³/mol. The monoisotopic (exact) mass is 521 g/mol. The molecule has 37 heavy (non-hydrogen) atoms. The fourth-order valence-electron chi connectivity index (χ4n) is 5.35. The van der Waals surface area contributed by atoms with Gasteiger partial charge in [0.1, 0.15) is 23.4 Å². The van der Waals surface area contributed by atoms with Gasteiger partial charge in [-0.05, 0) is 84.4 Å². The van der Waals surface area contributed by atoms with Crippen molar-refractivity contribution in [3.8, 4) is 17.2 Å². The average Bonchev–Trinajstić information content (AvgIpc) is 3.26. The Balaban J connectivity index is 1.52. The molecule has 2 heterocycles. The van der Waals surface area contributed by atoms with Crippen LogP contribution in [0.4, 0.5) is 4.39 Å². The van der Waals surface area contributed by atoms with Gasteiger partial charge in [-0.25, -0.2) is 0 Å². The molecule has 3 aromatic rings. The van der Waals surface area contributed by atoms with Gasteiger partial charge in [0.2, 0.25) is 0 Å². The van der Waals surface area contributed by atoms with Gasteiger partial charge in [-0.2, -0.15) is 0 Å². The van der Waals surface area contributed by atoms with Crippen LogP contribution in [0.1, 0.15) is 47.1 Å². The van der Waals surface area contributed by atoms with Crippen LogP contribution in [0.3, 0.4) is 0 Å². The standard InChI is InChI=1S/C31H33ClFNO3/c1-20-17-27-30(18-29(20)35)36-16-12-26(25-5-3-6-28(32)21(25)2)31(27)22-7-9-23(10-8-22)37-24-11-15-34(19-24)14-4-13-33/h3,5-10,17-18,24,35H,4,11-16,19H2,1-2H3/t24-/m0/s1. The first-order valence-corrected chi connectivity index (χ1v) is 13.3. The third-order valence-electron chi connectivity index (χ3n) is 7.35. The normalized spacial score (nSPS) is 17.9. The van der Waals surface area contributed by atoms with Gasteiger partial charge in [0.15, 0.2) is 0 Å². The van der Waals surface area contributed by atoms with Crippen LogP contribution < -0.4 is 9.47 Å². The molecule has 1 atom stereocenters. The summed E-state index contributed by atoms with van der Waals surface area (Å²) < 4.78 is 24.9.